The van der Waals surface area contributed by atoms with Crippen molar-refractivity contribution in [2.75, 3.05) is 0 Å². The number of benzene rings is 1. The van der Waals surface area contributed by atoms with Crippen LogP contribution in [0.5, 0.6) is 5.75 Å². The molecule has 0 radical (unpaired) electrons. The zero-order valence-corrected chi connectivity index (χ0v) is 7.93. The van der Waals surface area contributed by atoms with E-state index < -0.39 is 11.9 Å². The minimum Gasteiger partial charge on any atom is -0.489 e. The van der Waals surface area contributed by atoms with Gasteiger partial charge in [0.2, 0.25) is 0 Å². The van der Waals surface area contributed by atoms with Crippen LogP contribution in [-0.2, 0) is 11.2 Å². The number of carbonyl (C=O) groups is 1. The van der Waals surface area contributed by atoms with Crippen LogP contribution in [0, 0.1) is 5.92 Å². The van der Waals surface area contributed by atoms with Gasteiger partial charge in [-0.05, 0) is 18.6 Å². The molecule has 14 heavy (non-hydrogen) atoms. The van der Waals surface area contributed by atoms with E-state index in [0.717, 1.165) is 11.3 Å². The molecule has 0 spiro atoms. The molecule has 1 aliphatic heterocycles. The molecule has 3 heteroatoms. The number of rotatable bonds is 2. The van der Waals surface area contributed by atoms with Gasteiger partial charge in [0.25, 0.3) is 0 Å². The Balaban J connectivity index is 2.15. The number of hydrogen-bond donors (Lipinski definition) is 1. The molecule has 74 valence electrons. The van der Waals surface area contributed by atoms with E-state index in [0.29, 0.717) is 6.42 Å². The monoisotopic (exact) mass is 192 g/mol. The van der Waals surface area contributed by atoms with E-state index in [9.17, 15) is 4.79 Å². The third-order valence-electron chi connectivity index (χ3n) is 2.62. The van der Waals surface area contributed by atoms with E-state index in [4.69, 9.17) is 9.84 Å². The summed E-state index contributed by atoms with van der Waals surface area (Å²) in [5.74, 6) is -0.434. The Hall–Kier alpha value is -1.51. The number of para-hydroxylation sites is 1. The summed E-state index contributed by atoms with van der Waals surface area (Å²) in [5.41, 5.74) is 1.10. The molecule has 0 aliphatic carbocycles. The van der Waals surface area contributed by atoms with Gasteiger partial charge in [-0.15, -0.1) is 0 Å². The lowest BCUT2D eigenvalue weighted by Gasteiger charge is -2.14. The minimum atomic E-state index is -0.803. The molecule has 0 saturated heterocycles. The summed E-state index contributed by atoms with van der Waals surface area (Å²) in [4.78, 5) is 10.8. The van der Waals surface area contributed by atoms with Gasteiger partial charge in [-0.1, -0.05) is 18.2 Å². The van der Waals surface area contributed by atoms with Crippen LogP contribution in [0.25, 0.3) is 0 Å². The lowest BCUT2D eigenvalue weighted by atomic mass is 10.0. The van der Waals surface area contributed by atoms with Gasteiger partial charge in [-0.25, -0.2) is 0 Å². The Labute approximate surface area is 82.3 Å². The Kier molecular flexibility index (Phi) is 2.15. The molecule has 0 amide bonds. The molecule has 0 saturated carbocycles. The van der Waals surface area contributed by atoms with E-state index in [1.165, 1.54) is 0 Å². The van der Waals surface area contributed by atoms with Crippen LogP contribution in [0.4, 0.5) is 0 Å². The molecular weight excluding hydrogens is 180 g/mol. The zero-order chi connectivity index (χ0) is 10.1. The van der Waals surface area contributed by atoms with Crippen molar-refractivity contribution < 1.29 is 14.6 Å². The number of carboxylic acid groups (broad SMARTS) is 1. The van der Waals surface area contributed by atoms with Crippen LogP contribution in [-0.4, -0.2) is 17.2 Å². The first-order valence-corrected chi connectivity index (χ1v) is 4.66. The van der Waals surface area contributed by atoms with Crippen LogP contribution in [0.1, 0.15) is 12.5 Å². The van der Waals surface area contributed by atoms with E-state index in [1.54, 1.807) is 6.92 Å². The third kappa shape index (κ3) is 1.45. The molecule has 1 aromatic rings. The van der Waals surface area contributed by atoms with Crippen LogP contribution in [0.15, 0.2) is 24.3 Å². The van der Waals surface area contributed by atoms with Crippen LogP contribution >= 0.6 is 0 Å². The third-order valence-corrected chi connectivity index (χ3v) is 2.62. The maximum Gasteiger partial charge on any atom is 0.309 e. The molecule has 1 aliphatic rings. The number of hydrogen-bond acceptors (Lipinski definition) is 2. The van der Waals surface area contributed by atoms with Gasteiger partial charge in [-0.3, -0.25) is 4.79 Å². The molecule has 3 nitrogen and oxygen atoms in total. The fourth-order valence-electron chi connectivity index (χ4n) is 1.65. The van der Waals surface area contributed by atoms with Crippen molar-refractivity contribution in [3.8, 4) is 5.75 Å². The predicted molar refractivity (Wildman–Crippen MR) is 51.4 cm³/mol. The Bertz CT molecular complexity index is 334. The lowest BCUT2D eigenvalue weighted by Crippen LogP contribution is -2.29. The fraction of sp³-hybridized carbons (Fsp3) is 0.364. The Morgan fingerprint density at radius 3 is 2.93 bits per heavy atom. The lowest BCUT2D eigenvalue weighted by molar-refractivity contribution is -0.143. The standard InChI is InChI=1S/C11H12O3/c1-7(11(12)13)10-6-8-4-2-3-5-9(8)14-10/h2-5,7,10H,6H2,1H3,(H,12,13)/t7-,10?/m1/s1. The second-order valence-corrected chi connectivity index (χ2v) is 3.60. The molecule has 0 aromatic heterocycles. The summed E-state index contributed by atoms with van der Waals surface area (Å²) in [6, 6.07) is 7.69. The van der Waals surface area contributed by atoms with Gasteiger partial charge in [-0.2, -0.15) is 0 Å². The van der Waals surface area contributed by atoms with Gasteiger partial charge >= 0.3 is 5.97 Å². The first-order chi connectivity index (χ1) is 6.68. The van der Waals surface area contributed by atoms with E-state index in [1.807, 2.05) is 24.3 Å². The molecule has 1 heterocycles. The number of fused-ring (bicyclic) bond motifs is 1. The molecule has 0 bridgehead atoms. The highest BCUT2D eigenvalue weighted by atomic mass is 16.5. The van der Waals surface area contributed by atoms with Crippen molar-refractivity contribution in [1.29, 1.82) is 0 Å². The number of aliphatic carboxylic acids is 1. The molecule has 2 atom stereocenters. The molecule has 1 N–H and O–H groups in total. The molecular formula is C11H12O3. The average molecular weight is 192 g/mol. The van der Waals surface area contributed by atoms with Crippen molar-refractivity contribution in [3.63, 3.8) is 0 Å². The Morgan fingerprint density at radius 2 is 2.29 bits per heavy atom. The van der Waals surface area contributed by atoms with Gasteiger partial charge in [0.05, 0.1) is 5.92 Å². The van der Waals surface area contributed by atoms with Crippen LogP contribution in [0.2, 0.25) is 0 Å². The summed E-state index contributed by atoms with van der Waals surface area (Å²) in [7, 11) is 0. The maximum absolute atomic E-state index is 10.8. The highest BCUT2D eigenvalue weighted by Gasteiger charge is 2.31. The van der Waals surface area contributed by atoms with E-state index in [2.05, 4.69) is 0 Å². The second kappa shape index (κ2) is 3.33. The van der Waals surface area contributed by atoms with Crippen LogP contribution < -0.4 is 4.74 Å². The highest BCUT2D eigenvalue weighted by molar-refractivity contribution is 5.70. The molecule has 1 unspecified atom stereocenters. The molecule has 0 fully saturated rings. The van der Waals surface area contributed by atoms with Crippen molar-refractivity contribution in [2.24, 2.45) is 5.92 Å². The highest BCUT2D eigenvalue weighted by Crippen LogP contribution is 2.31. The van der Waals surface area contributed by atoms with E-state index in [-0.39, 0.29) is 6.10 Å². The second-order valence-electron chi connectivity index (χ2n) is 3.60. The van der Waals surface area contributed by atoms with Gasteiger partial charge < -0.3 is 9.84 Å². The first kappa shape index (κ1) is 9.06. The smallest absolute Gasteiger partial charge is 0.309 e. The summed E-state index contributed by atoms with van der Waals surface area (Å²) in [6.45, 7) is 1.68. The summed E-state index contributed by atoms with van der Waals surface area (Å²) in [6.07, 6.45) is 0.480. The first-order valence-electron chi connectivity index (χ1n) is 4.66. The van der Waals surface area contributed by atoms with Crippen molar-refractivity contribution >= 4 is 5.97 Å². The van der Waals surface area contributed by atoms with Crippen molar-refractivity contribution in [2.45, 2.75) is 19.4 Å². The largest absolute Gasteiger partial charge is 0.489 e. The average Bonchev–Trinajstić information content (AvgIpc) is 2.59. The maximum atomic E-state index is 10.8. The number of carboxylic acids is 1. The number of ether oxygens (including phenoxy) is 1. The van der Waals surface area contributed by atoms with Gasteiger partial charge in [0.1, 0.15) is 11.9 Å². The van der Waals surface area contributed by atoms with Crippen molar-refractivity contribution in [3.05, 3.63) is 29.8 Å². The fourth-order valence-corrected chi connectivity index (χ4v) is 1.65. The molecule has 1 aromatic carbocycles. The topological polar surface area (TPSA) is 46.5 Å². The minimum absolute atomic E-state index is 0.218. The normalized spacial score (nSPS) is 21.1. The van der Waals surface area contributed by atoms with Gasteiger partial charge in [0.15, 0.2) is 0 Å². The predicted octanol–water partition coefficient (Wildman–Crippen LogP) is 1.71. The SMILES string of the molecule is C[C@@H](C(=O)O)C1Cc2ccccc2O1. The van der Waals surface area contributed by atoms with E-state index >= 15 is 0 Å². The van der Waals surface area contributed by atoms with Crippen molar-refractivity contribution in [1.82, 2.24) is 0 Å². The Morgan fingerprint density at radius 1 is 1.57 bits per heavy atom. The van der Waals surface area contributed by atoms with Crippen LogP contribution in [0.3, 0.4) is 0 Å². The van der Waals surface area contributed by atoms with Gasteiger partial charge in [0, 0.05) is 6.42 Å². The quantitative estimate of drug-likeness (QED) is 0.775. The summed E-state index contributed by atoms with van der Waals surface area (Å²) in [5, 5.41) is 8.84. The summed E-state index contributed by atoms with van der Waals surface area (Å²) >= 11 is 0. The molecule has 2 rings (SSSR count). The summed E-state index contributed by atoms with van der Waals surface area (Å²) < 4.78 is 5.55. The zero-order valence-electron chi connectivity index (χ0n) is 7.93.